The second-order valence-corrected chi connectivity index (χ2v) is 9.47. The lowest BCUT2D eigenvalue weighted by Crippen LogP contribution is -2.59. The van der Waals surface area contributed by atoms with Crippen LogP contribution in [-0.2, 0) is 0 Å². The van der Waals surface area contributed by atoms with Crippen molar-refractivity contribution in [1.82, 2.24) is 0 Å². The van der Waals surface area contributed by atoms with Crippen LogP contribution in [0, 0.1) is 0 Å². The van der Waals surface area contributed by atoms with Crippen molar-refractivity contribution in [3.05, 3.63) is 182 Å². The Hall–Kier alpha value is -5.22. The molecular formula is C36H30BN3. The lowest BCUT2D eigenvalue weighted by atomic mass is 9.78. The second kappa shape index (κ2) is 12.1. The highest BCUT2D eigenvalue weighted by Crippen LogP contribution is 2.39. The molecule has 0 heterocycles. The van der Waals surface area contributed by atoms with Gasteiger partial charge in [0, 0.05) is 34.1 Å². The normalized spacial score (nSPS) is 10.5. The van der Waals surface area contributed by atoms with Crippen LogP contribution in [0.3, 0.4) is 0 Å². The summed E-state index contributed by atoms with van der Waals surface area (Å²) in [6.07, 6.45) is 0. The zero-order chi connectivity index (χ0) is 27.0. The van der Waals surface area contributed by atoms with Gasteiger partial charge in [0.15, 0.2) is 0 Å². The summed E-state index contributed by atoms with van der Waals surface area (Å²) in [6, 6.07) is 63.9. The fourth-order valence-corrected chi connectivity index (χ4v) is 5.13. The van der Waals surface area contributed by atoms with Crippen molar-refractivity contribution in [1.29, 1.82) is 0 Å². The predicted octanol–water partition coefficient (Wildman–Crippen LogP) is 9.49. The largest absolute Gasteiger partial charge is 0.519 e. The molecule has 0 saturated heterocycles. The van der Waals surface area contributed by atoms with Gasteiger partial charge in [-0.1, -0.05) is 109 Å². The summed E-state index contributed by atoms with van der Waals surface area (Å²) in [4.78, 5) is 7.25. The number of anilines is 6. The molecule has 0 N–H and O–H groups in total. The third-order valence-corrected chi connectivity index (χ3v) is 6.90. The van der Waals surface area contributed by atoms with Crippen molar-refractivity contribution in [3.8, 4) is 0 Å². The van der Waals surface area contributed by atoms with Crippen molar-refractivity contribution in [2.24, 2.45) is 0 Å². The minimum atomic E-state index is -0.320. The SMILES string of the molecule is c1ccc(N(B(N(c2ccccc2)c2ccccc2)N(c2ccccc2)c2ccccc2)c2ccccc2)cc1. The first kappa shape index (κ1) is 25.1. The maximum atomic E-state index is 2.42. The van der Waals surface area contributed by atoms with E-state index in [-0.39, 0.29) is 7.12 Å². The van der Waals surface area contributed by atoms with Crippen molar-refractivity contribution in [3.63, 3.8) is 0 Å². The van der Waals surface area contributed by atoms with Gasteiger partial charge in [0.2, 0.25) is 0 Å². The molecule has 192 valence electrons. The molecule has 0 saturated carbocycles. The molecule has 6 aromatic carbocycles. The second-order valence-electron chi connectivity index (χ2n) is 9.47. The van der Waals surface area contributed by atoms with Crippen LogP contribution in [0.15, 0.2) is 182 Å². The molecule has 0 atom stereocenters. The number of hydrogen-bond acceptors (Lipinski definition) is 3. The zero-order valence-corrected chi connectivity index (χ0v) is 22.2. The monoisotopic (exact) mass is 515 g/mol. The van der Waals surface area contributed by atoms with E-state index in [1.807, 2.05) is 0 Å². The Kier molecular flexibility index (Phi) is 7.59. The van der Waals surface area contributed by atoms with Gasteiger partial charge in [0.1, 0.15) is 0 Å². The summed E-state index contributed by atoms with van der Waals surface area (Å²) >= 11 is 0. The van der Waals surface area contributed by atoms with E-state index in [0.717, 1.165) is 34.1 Å². The first-order valence-electron chi connectivity index (χ1n) is 13.6. The maximum absolute atomic E-state index is 2.42. The van der Waals surface area contributed by atoms with E-state index < -0.39 is 0 Å². The average Bonchev–Trinajstić information content (AvgIpc) is 3.04. The Morgan fingerprint density at radius 3 is 0.525 bits per heavy atom. The summed E-state index contributed by atoms with van der Waals surface area (Å²) < 4.78 is 0. The molecule has 4 heteroatoms. The number of benzene rings is 6. The summed E-state index contributed by atoms with van der Waals surface area (Å²) in [5, 5.41) is 0. The Bertz CT molecular complexity index is 1270. The molecule has 6 rings (SSSR count). The first-order valence-corrected chi connectivity index (χ1v) is 13.6. The van der Waals surface area contributed by atoms with Crippen LogP contribution >= 0.6 is 0 Å². The van der Waals surface area contributed by atoms with E-state index in [9.17, 15) is 0 Å². The molecule has 0 aliphatic heterocycles. The Balaban J connectivity index is 1.69. The molecule has 0 aromatic heterocycles. The zero-order valence-electron chi connectivity index (χ0n) is 22.2. The topological polar surface area (TPSA) is 9.72 Å². The van der Waals surface area contributed by atoms with Gasteiger partial charge in [-0.15, -0.1) is 0 Å². The van der Waals surface area contributed by atoms with Gasteiger partial charge in [-0.05, 0) is 72.8 Å². The van der Waals surface area contributed by atoms with Crippen LogP contribution in [0.4, 0.5) is 34.1 Å². The molecule has 0 unspecified atom stereocenters. The van der Waals surface area contributed by atoms with E-state index >= 15 is 0 Å². The smallest absolute Gasteiger partial charge is 0.345 e. The molecular weight excluding hydrogens is 485 g/mol. The van der Waals surface area contributed by atoms with Gasteiger partial charge in [-0.3, -0.25) is 0 Å². The van der Waals surface area contributed by atoms with Crippen LogP contribution in [0.25, 0.3) is 0 Å². The van der Waals surface area contributed by atoms with E-state index in [1.54, 1.807) is 0 Å². The van der Waals surface area contributed by atoms with Gasteiger partial charge in [0.05, 0.1) is 0 Å². The standard InChI is InChI=1S/C36H30BN3/c1-7-19-31(20-8-1)38(32-21-9-2-10-22-32)37(39(33-23-11-3-12-24-33)34-25-13-4-14-26-34)40(35-27-15-5-16-28-35)36-29-17-6-18-30-36/h1-30H. The van der Waals surface area contributed by atoms with E-state index in [1.165, 1.54) is 0 Å². The number of nitrogens with zero attached hydrogens (tertiary/aromatic N) is 3. The number of rotatable bonds is 9. The number of para-hydroxylation sites is 6. The highest BCUT2D eigenvalue weighted by molar-refractivity contribution is 6.75. The van der Waals surface area contributed by atoms with Crippen molar-refractivity contribution in [2.75, 3.05) is 14.4 Å². The summed E-state index contributed by atoms with van der Waals surface area (Å²) in [5.41, 5.74) is 6.54. The molecule has 0 radical (unpaired) electrons. The highest BCUT2D eigenvalue weighted by Gasteiger charge is 2.42. The summed E-state index contributed by atoms with van der Waals surface area (Å²) in [5.74, 6) is 0. The minimum Gasteiger partial charge on any atom is -0.345 e. The van der Waals surface area contributed by atoms with Crippen LogP contribution in [0.5, 0.6) is 0 Å². The van der Waals surface area contributed by atoms with E-state index in [0.29, 0.717) is 0 Å². The van der Waals surface area contributed by atoms with Crippen LogP contribution in [-0.4, -0.2) is 7.12 Å². The molecule has 0 aliphatic rings. The molecule has 0 aliphatic carbocycles. The predicted molar refractivity (Wildman–Crippen MR) is 171 cm³/mol. The van der Waals surface area contributed by atoms with Crippen molar-refractivity contribution < 1.29 is 0 Å². The molecule has 40 heavy (non-hydrogen) atoms. The van der Waals surface area contributed by atoms with Gasteiger partial charge >= 0.3 is 7.12 Å². The molecule has 0 spiro atoms. The third kappa shape index (κ3) is 5.34. The summed E-state index contributed by atoms with van der Waals surface area (Å²) in [6.45, 7) is 0. The van der Waals surface area contributed by atoms with Gasteiger partial charge in [-0.2, -0.15) is 0 Å². The van der Waals surface area contributed by atoms with Crippen LogP contribution in [0.1, 0.15) is 0 Å². The van der Waals surface area contributed by atoms with Crippen LogP contribution < -0.4 is 14.4 Å². The van der Waals surface area contributed by atoms with Crippen molar-refractivity contribution >= 4 is 41.2 Å². The Morgan fingerprint density at radius 2 is 0.375 bits per heavy atom. The fourth-order valence-electron chi connectivity index (χ4n) is 5.13. The average molecular weight is 515 g/mol. The van der Waals surface area contributed by atoms with E-state index in [2.05, 4.69) is 196 Å². The molecule has 6 aromatic rings. The van der Waals surface area contributed by atoms with Gasteiger partial charge in [0.25, 0.3) is 0 Å². The number of hydrogen-bond donors (Lipinski definition) is 0. The molecule has 0 amide bonds. The first-order chi connectivity index (χ1) is 19.9. The fraction of sp³-hybridized carbons (Fsp3) is 0. The molecule has 0 fully saturated rings. The van der Waals surface area contributed by atoms with Gasteiger partial charge in [-0.25, -0.2) is 0 Å². The lowest BCUT2D eigenvalue weighted by Gasteiger charge is -2.45. The van der Waals surface area contributed by atoms with Crippen LogP contribution in [0.2, 0.25) is 0 Å². The Morgan fingerprint density at radius 1 is 0.225 bits per heavy atom. The third-order valence-electron chi connectivity index (χ3n) is 6.90. The van der Waals surface area contributed by atoms with Crippen molar-refractivity contribution in [2.45, 2.75) is 0 Å². The molecule has 0 bridgehead atoms. The molecule has 3 nitrogen and oxygen atoms in total. The van der Waals surface area contributed by atoms with E-state index in [4.69, 9.17) is 0 Å². The Labute approximate surface area is 237 Å². The lowest BCUT2D eigenvalue weighted by molar-refractivity contribution is 1.20. The summed E-state index contributed by atoms with van der Waals surface area (Å²) in [7, 11) is -0.320. The van der Waals surface area contributed by atoms with Gasteiger partial charge < -0.3 is 14.4 Å². The highest BCUT2D eigenvalue weighted by atomic mass is 15.4. The quantitative estimate of drug-likeness (QED) is 0.178. The minimum absolute atomic E-state index is 0.320. The maximum Gasteiger partial charge on any atom is 0.519 e.